The van der Waals surface area contributed by atoms with Crippen LogP contribution in [0.1, 0.15) is 27.9 Å². The lowest BCUT2D eigenvalue weighted by molar-refractivity contribution is -0.131. The minimum absolute atomic E-state index is 0.196. The lowest BCUT2D eigenvalue weighted by Crippen LogP contribution is -2.19. The van der Waals surface area contributed by atoms with Crippen molar-refractivity contribution >= 4 is 22.6 Å². The number of aryl methyl sites for hydroxylation is 1. The Bertz CT molecular complexity index is 1680. The lowest BCUT2D eigenvalue weighted by atomic mass is 10.1. The van der Waals surface area contributed by atoms with Gasteiger partial charge in [-0.3, -0.25) is 9.36 Å². The van der Waals surface area contributed by atoms with E-state index in [1.807, 2.05) is 43.3 Å². The molecule has 0 radical (unpaired) electrons. The fourth-order valence-electron chi connectivity index (χ4n) is 4.50. The van der Waals surface area contributed by atoms with E-state index in [0.29, 0.717) is 46.1 Å². The van der Waals surface area contributed by atoms with Gasteiger partial charge in [0.2, 0.25) is 0 Å². The number of benzene rings is 4. The van der Waals surface area contributed by atoms with E-state index in [1.165, 1.54) is 0 Å². The number of aromatic nitrogens is 2. The summed E-state index contributed by atoms with van der Waals surface area (Å²) in [6.07, 6.45) is -3.70. The van der Waals surface area contributed by atoms with Gasteiger partial charge in [-0.1, -0.05) is 30.3 Å². The number of nitrogens with zero attached hydrogens (tertiary/aromatic N) is 2. The average Bonchev–Trinajstić information content (AvgIpc) is 3.40. The summed E-state index contributed by atoms with van der Waals surface area (Å²) in [5.41, 5.74) is 4.61. The molecule has 0 spiro atoms. The molecule has 10 heteroatoms. The maximum atomic E-state index is 12.9. The molecule has 7 nitrogen and oxygen atoms in total. The number of carbonyl (C=O) groups excluding carboxylic acids is 1. The molecule has 5 aromatic rings. The van der Waals surface area contributed by atoms with Crippen molar-refractivity contribution in [3.8, 4) is 22.9 Å². The van der Waals surface area contributed by atoms with Crippen LogP contribution in [0.3, 0.4) is 0 Å². The van der Waals surface area contributed by atoms with Crippen LogP contribution >= 0.6 is 0 Å². The van der Waals surface area contributed by atoms with Crippen molar-refractivity contribution in [2.75, 3.05) is 18.9 Å². The first-order chi connectivity index (χ1) is 20.2. The zero-order valence-electron chi connectivity index (χ0n) is 23.0. The molecule has 1 heterocycles. The topological polar surface area (TPSA) is 77.4 Å². The molecule has 0 aliphatic carbocycles. The number of halogens is 3. The molecule has 216 valence electrons. The van der Waals surface area contributed by atoms with E-state index in [9.17, 15) is 18.0 Å². The van der Waals surface area contributed by atoms with Gasteiger partial charge in [0.15, 0.2) is 0 Å². The maximum Gasteiger partial charge on any atom is 0.390 e. The van der Waals surface area contributed by atoms with Crippen molar-refractivity contribution in [2.45, 2.75) is 26.1 Å². The maximum absolute atomic E-state index is 12.9. The van der Waals surface area contributed by atoms with E-state index >= 15 is 0 Å². The number of nitrogens with one attached hydrogen (secondary N) is 2. The van der Waals surface area contributed by atoms with E-state index in [-0.39, 0.29) is 12.5 Å². The van der Waals surface area contributed by atoms with Crippen molar-refractivity contribution in [3.63, 3.8) is 0 Å². The molecular weight excluding hydrogens is 545 g/mol. The first kappa shape index (κ1) is 28.5. The Morgan fingerprint density at radius 3 is 2.36 bits per heavy atom. The molecule has 4 aromatic carbocycles. The minimum atomic E-state index is -4.30. The summed E-state index contributed by atoms with van der Waals surface area (Å²) in [5.74, 6) is 1.41. The van der Waals surface area contributed by atoms with Crippen LogP contribution < -0.4 is 20.1 Å². The zero-order valence-corrected chi connectivity index (χ0v) is 23.0. The summed E-state index contributed by atoms with van der Waals surface area (Å²) in [6, 6.07) is 25.7. The van der Waals surface area contributed by atoms with Crippen LogP contribution in [-0.2, 0) is 6.61 Å². The van der Waals surface area contributed by atoms with E-state index in [1.54, 1.807) is 66.5 Å². The number of hydrogen-bond acceptors (Lipinski definition) is 5. The molecule has 0 unspecified atom stereocenters. The number of rotatable bonds is 10. The van der Waals surface area contributed by atoms with Gasteiger partial charge in [-0.25, -0.2) is 4.98 Å². The Labute approximate surface area is 240 Å². The summed E-state index contributed by atoms with van der Waals surface area (Å²) < 4.78 is 52.4. The quantitative estimate of drug-likeness (QED) is 0.181. The first-order valence-corrected chi connectivity index (χ1v) is 13.3. The molecule has 0 saturated heterocycles. The van der Waals surface area contributed by atoms with Crippen LogP contribution in [0.25, 0.3) is 16.7 Å². The van der Waals surface area contributed by atoms with Gasteiger partial charge >= 0.3 is 6.18 Å². The summed E-state index contributed by atoms with van der Waals surface area (Å²) in [5, 5.41) is 5.49. The molecule has 0 aliphatic rings. The Morgan fingerprint density at radius 1 is 0.929 bits per heavy atom. The highest BCUT2D eigenvalue weighted by Crippen LogP contribution is 2.34. The molecule has 0 fully saturated rings. The predicted molar refractivity (Wildman–Crippen MR) is 156 cm³/mol. The molecule has 2 N–H and O–H groups in total. The van der Waals surface area contributed by atoms with E-state index in [2.05, 4.69) is 15.6 Å². The van der Waals surface area contributed by atoms with Crippen molar-refractivity contribution < 1.29 is 27.4 Å². The number of imidazole rings is 1. The standard InChI is InChI=1S/C32H29F3N4O3/c1-21-16-23(8-13-27(21)31(40)36-2)39-20-38-30-28(37-15-14-32(33,34)35)17-26(18-29(30)39)42-25-11-9-24(10-12-25)41-19-22-6-4-3-5-7-22/h3-13,16-18,20,37H,14-15,19H2,1-2H3,(H,36,40). The highest BCUT2D eigenvalue weighted by Gasteiger charge is 2.26. The Kier molecular flexibility index (Phi) is 8.33. The average molecular weight is 575 g/mol. The van der Waals surface area contributed by atoms with Gasteiger partial charge in [0.1, 0.15) is 35.7 Å². The van der Waals surface area contributed by atoms with Gasteiger partial charge in [0.25, 0.3) is 5.91 Å². The van der Waals surface area contributed by atoms with Crippen molar-refractivity contribution in [1.82, 2.24) is 14.9 Å². The molecule has 0 atom stereocenters. The van der Waals surface area contributed by atoms with Gasteiger partial charge in [0, 0.05) is 37.0 Å². The number of anilines is 1. The molecule has 42 heavy (non-hydrogen) atoms. The number of fused-ring (bicyclic) bond motifs is 1. The molecule has 1 aromatic heterocycles. The van der Waals surface area contributed by atoms with Crippen LogP contribution in [0.5, 0.6) is 17.2 Å². The number of ether oxygens (including phenoxy) is 2. The second-order valence-corrected chi connectivity index (χ2v) is 9.67. The Morgan fingerprint density at radius 2 is 1.67 bits per heavy atom. The van der Waals surface area contributed by atoms with Crippen LogP contribution in [0.4, 0.5) is 18.9 Å². The molecule has 0 saturated carbocycles. The SMILES string of the molecule is CNC(=O)c1ccc(-n2cnc3c(NCCC(F)(F)F)cc(Oc4ccc(OCc5ccccc5)cc4)cc32)cc1C. The second-order valence-electron chi connectivity index (χ2n) is 9.67. The lowest BCUT2D eigenvalue weighted by Gasteiger charge is -2.14. The smallest absolute Gasteiger partial charge is 0.390 e. The third-order valence-corrected chi connectivity index (χ3v) is 6.62. The zero-order chi connectivity index (χ0) is 29.7. The fourth-order valence-corrected chi connectivity index (χ4v) is 4.50. The van der Waals surface area contributed by atoms with Gasteiger partial charge in [-0.2, -0.15) is 13.2 Å². The summed E-state index contributed by atoms with van der Waals surface area (Å²) >= 11 is 0. The normalized spacial score (nSPS) is 11.4. The van der Waals surface area contributed by atoms with E-state index in [0.717, 1.165) is 16.8 Å². The molecular formula is C32H29F3N4O3. The van der Waals surface area contributed by atoms with Crippen LogP contribution in [-0.4, -0.2) is 35.2 Å². The summed E-state index contributed by atoms with van der Waals surface area (Å²) in [4.78, 5) is 16.6. The van der Waals surface area contributed by atoms with Gasteiger partial charge in [0.05, 0.1) is 17.6 Å². The minimum Gasteiger partial charge on any atom is -0.489 e. The highest BCUT2D eigenvalue weighted by atomic mass is 19.4. The second kappa shape index (κ2) is 12.3. The number of alkyl halides is 3. The third-order valence-electron chi connectivity index (χ3n) is 6.62. The van der Waals surface area contributed by atoms with E-state index < -0.39 is 12.6 Å². The highest BCUT2D eigenvalue weighted by molar-refractivity contribution is 5.96. The first-order valence-electron chi connectivity index (χ1n) is 13.3. The van der Waals surface area contributed by atoms with Crippen molar-refractivity contribution in [3.05, 3.63) is 108 Å². The summed E-state index contributed by atoms with van der Waals surface area (Å²) in [7, 11) is 1.57. The molecule has 0 aliphatic heterocycles. The largest absolute Gasteiger partial charge is 0.489 e. The fraction of sp³-hybridized carbons (Fsp3) is 0.188. The number of amides is 1. The van der Waals surface area contributed by atoms with Crippen LogP contribution in [0.2, 0.25) is 0 Å². The monoisotopic (exact) mass is 574 g/mol. The van der Waals surface area contributed by atoms with Crippen LogP contribution in [0.15, 0.2) is 91.3 Å². The predicted octanol–water partition coefficient (Wildman–Crippen LogP) is 7.43. The van der Waals surface area contributed by atoms with Gasteiger partial charge in [-0.05, 0) is 60.5 Å². The molecule has 0 bridgehead atoms. The van der Waals surface area contributed by atoms with Crippen LogP contribution in [0, 0.1) is 6.92 Å². The third kappa shape index (κ3) is 6.83. The number of carbonyl (C=O) groups is 1. The van der Waals surface area contributed by atoms with Gasteiger partial charge < -0.3 is 20.1 Å². The van der Waals surface area contributed by atoms with E-state index in [4.69, 9.17) is 9.47 Å². The van der Waals surface area contributed by atoms with Crippen molar-refractivity contribution in [1.29, 1.82) is 0 Å². The number of hydrogen-bond donors (Lipinski definition) is 2. The molecule has 5 rings (SSSR count). The molecule has 1 amide bonds. The van der Waals surface area contributed by atoms with Gasteiger partial charge in [-0.15, -0.1) is 0 Å². The Balaban J connectivity index is 1.43. The van der Waals surface area contributed by atoms with Crippen molar-refractivity contribution in [2.24, 2.45) is 0 Å². The summed E-state index contributed by atoms with van der Waals surface area (Å²) in [6.45, 7) is 1.94. The Hall–Kier alpha value is -4.99.